The molecule has 3 aromatic rings. The summed E-state index contributed by atoms with van der Waals surface area (Å²) in [6, 6.07) is 5.15. The highest BCUT2D eigenvalue weighted by Crippen LogP contribution is 2.43. The van der Waals surface area contributed by atoms with Gasteiger partial charge in [-0.1, -0.05) is 11.3 Å². The van der Waals surface area contributed by atoms with Crippen LogP contribution in [0.3, 0.4) is 0 Å². The number of halogens is 1. The fourth-order valence-electron chi connectivity index (χ4n) is 2.55. The van der Waals surface area contributed by atoms with Gasteiger partial charge in [0.25, 0.3) is 0 Å². The molecule has 1 aliphatic rings. The normalized spacial score (nSPS) is 15.1. The topological polar surface area (TPSA) is 56.7 Å². The zero-order valence-corrected chi connectivity index (χ0v) is 11.7. The predicted octanol–water partition coefficient (Wildman–Crippen LogP) is 3.52. The molecule has 1 aliphatic carbocycles. The first-order chi connectivity index (χ1) is 9.63. The number of imidazole rings is 1. The zero-order valence-electron chi connectivity index (χ0n) is 10.9. The molecular formula is C14H13FN4S. The average Bonchev–Trinajstić information content (AvgIpc) is 3.08. The lowest BCUT2D eigenvalue weighted by Gasteiger charge is -2.06. The van der Waals surface area contributed by atoms with Gasteiger partial charge in [0.15, 0.2) is 11.0 Å². The fraction of sp³-hybridized carbons (Fsp3) is 0.286. The summed E-state index contributed by atoms with van der Waals surface area (Å²) >= 11 is 1.44. The lowest BCUT2D eigenvalue weighted by Crippen LogP contribution is -1.97. The number of nitrogens with two attached hydrogens (primary N) is 1. The Balaban J connectivity index is 2.03. The second-order valence-electron chi connectivity index (χ2n) is 5.14. The summed E-state index contributed by atoms with van der Waals surface area (Å²) in [5.74, 6) is 0.631. The number of hydrogen-bond donors (Lipinski definition) is 1. The number of nitrogens with zero attached hydrogens (tertiary/aromatic N) is 3. The van der Waals surface area contributed by atoms with Crippen molar-refractivity contribution < 1.29 is 4.39 Å². The second kappa shape index (κ2) is 4.02. The highest BCUT2D eigenvalue weighted by atomic mass is 32.1. The van der Waals surface area contributed by atoms with E-state index in [0.717, 1.165) is 40.3 Å². The number of fused-ring (bicyclic) bond motifs is 1. The first kappa shape index (κ1) is 11.8. The van der Waals surface area contributed by atoms with Crippen LogP contribution in [0.15, 0.2) is 18.2 Å². The van der Waals surface area contributed by atoms with E-state index in [4.69, 9.17) is 5.73 Å². The maximum atomic E-state index is 13.5. The molecule has 2 aromatic heterocycles. The van der Waals surface area contributed by atoms with Crippen LogP contribution in [0.5, 0.6) is 0 Å². The smallest absolute Gasteiger partial charge is 0.180 e. The Bertz CT molecular complexity index is 816. The monoisotopic (exact) mass is 288 g/mol. The molecule has 0 radical (unpaired) electrons. The van der Waals surface area contributed by atoms with Crippen molar-refractivity contribution in [2.24, 2.45) is 0 Å². The maximum Gasteiger partial charge on any atom is 0.180 e. The first-order valence-corrected chi connectivity index (χ1v) is 7.36. The third-order valence-electron chi connectivity index (χ3n) is 3.58. The summed E-state index contributed by atoms with van der Waals surface area (Å²) < 4.78 is 15.7. The number of aromatic nitrogens is 3. The van der Waals surface area contributed by atoms with Gasteiger partial charge in [-0.15, -0.1) is 0 Å². The van der Waals surface area contributed by atoms with Crippen LogP contribution in [0.4, 0.5) is 9.52 Å². The Kier molecular flexibility index (Phi) is 2.38. The molecule has 2 N–H and O–H groups in total. The lowest BCUT2D eigenvalue weighted by atomic mass is 10.3. The second-order valence-corrected chi connectivity index (χ2v) is 6.17. The van der Waals surface area contributed by atoms with Crippen molar-refractivity contribution >= 4 is 27.5 Å². The summed E-state index contributed by atoms with van der Waals surface area (Å²) in [5.41, 5.74) is 8.34. The Morgan fingerprint density at radius 2 is 2.15 bits per heavy atom. The molecule has 20 heavy (non-hydrogen) atoms. The van der Waals surface area contributed by atoms with E-state index in [9.17, 15) is 4.39 Å². The standard InChI is InChI=1S/C14H13FN4S/c1-7-12(20-14(16)17-7)13-18-10-5-2-8(15)6-11(10)19(13)9-3-4-9/h2,5-6,9H,3-4H2,1H3,(H2,16,17). The molecule has 1 saturated carbocycles. The number of nitrogen functional groups attached to an aromatic ring is 1. The van der Waals surface area contributed by atoms with E-state index in [0.29, 0.717) is 11.2 Å². The molecule has 0 aliphatic heterocycles. The molecule has 1 fully saturated rings. The zero-order chi connectivity index (χ0) is 13.9. The number of hydrogen-bond acceptors (Lipinski definition) is 4. The molecule has 0 atom stereocenters. The minimum absolute atomic E-state index is 0.230. The van der Waals surface area contributed by atoms with Gasteiger partial charge in [-0.3, -0.25) is 0 Å². The molecule has 2 heterocycles. The molecule has 0 saturated heterocycles. The SMILES string of the molecule is Cc1nc(N)sc1-c1nc2ccc(F)cc2n1C1CC1. The van der Waals surface area contributed by atoms with Crippen molar-refractivity contribution in [3.05, 3.63) is 29.7 Å². The van der Waals surface area contributed by atoms with Gasteiger partial charge in [-0.25, -0.2) is 14.4 Å². The quantitative estimate of drug-likeness (QED) is 0.785. The predicted molar refractivity (Wildman–Crippen MR) is 78.2 cm³/mol. The van der Waals surface area contributed by atoms with Crippen LogP contribution in [0.25, 0.3) is 21.7 Å². The summed E-state index contributed by atoms with van der Waals surface area (Å²) in [6.07, 6.45) is 2.23. The fourth-order valence-corrected chi connectivity index (χ4v) is 3.37. The molecule has 6 heteroatoms. The van der Waals surface area contributed by atoms with Gasteiger partial charge in [0.1, 0.15) is 5.82 Å². The largest absolute Gasteiger partial charge is 0.375 e. The molecule has 0 spiro atoms. The third kappa shape index (κ3) is 1.71. The molecule has 1 aromatic carbocycles. The van der Waals surface area contributed by atoms with E-state index in [-0.39, 0.29) is 5.82 Å². The van der Waals surface area contributed by atoms with E-state index in [1.165, 1.54) is 17.4 Å². The summed E-state index contributed by atoms with van der Waals surface area (Å²) in [4.78, 5) is 9.91. The van der Waals surface area contributed by atoms with E-state index < -0.39 is 0 Å². The maximum absolute atomic E-state index is 13.5. The first-order valence-electron chi connectivity index (χ1n) is 6.54. The van der Waals surface area contributed by atoms with Crippen molar-refractivity contribution in [2.45, 2.75) is 25.8 Å². The minimum atomic E-state index is -0.230. The Labute approximate surface area is 119 Å². The number of aryl methyl sites for hydroxylation is 1. The van der Waals surface area contributed by atoms with Crippen molar-refractivity contribution in [1.29, 1.82) is 0 Å². The highest BCUT2D eigenvalue weighted by Gasteiger charge is 2.30. The van der Waals surface area contributed by atoms with E-state index in [2.05, 4.69) is 14.5 Å². The van der Waals surface area contributed by atoms with Gasteiger partial charge >= 0.3 is 0 Å². The van der Waals surface area contributed by atoms with Crippen LogP contribution in [0, 0.1) is 12.7 Å². The van der Waals surface area contributed by atoms with Crippen molar-refractivity contribution in [2.75, 3.05) is 5.73 Å². The van der Waals surface area contributed by atoms with Crippen LogP contribution in [0.2, 0.25) is 0 Å². The molecule has 0 unspecified atom stereocenters. The Hall–Kier alpha value is -1.95. The van der Waals surface area contributed by atoms with Gasteiger partial charge in [0.05, 0.1) is 21.6 Å². The van der Waals surface area contributed by atoms with E-state index in [1.807, 2.05) is 6.92 Å². The van der Waals surface area contributed by atoms with Gasteiger partial charge in [0.2, 0.25) is 0 Å². The van der Waals surface area contributed by atoms with Gasteiger partial charge < -0.3 is 10.3 Å². The van der Waals surface area contributed by atoms with Crippen LogP contribution in [-0.4, -0.2) is 14.5 Å². The number of benzene rings is 1. The van der Waals surface area contributed by atoms with Crippen LogP contribution >= 0.6 is 11.3 Å². The van der Waals surface area contributed by atoms with E-state index >= 15 is 0 Å². The van der Waals surface area contributed by atoms with Crippen molar-refractivity contribution in [3.8, 4) is 10.7 Å². The summed E-state index contributed by atoms with van der Waals surface area (Å²) in [6.45, 7) is 1.93. The molecule has 102 valence electrons. The lowest BCUT2D eigenvalue weighted by molar-refractivity contribution is 0.628. The van der Waals surface area contributed by atoms with Gasteiger partial charge in [0, 0.05) is 6.04 Å². The Morgan fingerprint density at radius 3 is 2.80 bits per heavy atom. The summed E-state index contributed by atoms with van der Waals surface area (Å²) in [7, 11) is 0. The number of anilines is 1. The van der Waals surface area contributed by atoms with Gasteiger partial charge in [-0.05, 0) is 38.0 Å². The minimum Gasteiger partial charge on any atom is -0.375 e. The van der Waals surface area contributed by atoms with Crippen LogP contribution in [-0.2, 0) is 0 Å². The average molecular weight is 288 g/mol. The van der Waals surface area contributed by atoms with Crippen molar-refractivity contribution in [3.63, 3.8) is 0 Å². The summed E-state index contributed by atoms with van der Waals surface area (Å²) in [5, 5.41) is 0.540. The van der Waals surface area contributed by atoms with E-state index in [1.54, 1.807) is 12.1 Å². The van der Waals surface area contributed by atoms with Crippen molar-refractivity contribution in [1.82, 2.24) is 14.5 Å². The Morgan fingerprint density at radius 1 is 1.35 bits per heavy atom. The molecule has 0 amide bonds. The molecule has 0 bridgehead atoms. The van der Waals surface area contributed by atoms with Gasteiger partial charge in [-0.2, -0.15) is 0 Å². The number of thiazole rings is 1. The molecular weight excluding hydrogens is 275 g/mol. The highest BCUT2D eigenvalue weighted by molar-refractivity contribution is 7.18. The van der Waals surface area contributed by atoms with Crippen LogP contribution in [0.1, 0.15) is 24.6 Å². The number of rotatable bonds is 2. The van der Waals surface area contributed by atoms with Crippen LogP contribution < -0.4 is 5.73 Å². The third-order valence-corrected chi connectivity index (χ3v) is 4.56. The molecule has 4 nitrogen and oxygen atoms in total. The molecule has 4 rings (SSSR count).